The number of rotatable bonds is 5. The molecular weight excluding hydrogens is 296 g/mol. The van der Waals surface area contributed by atoms with Crippen LogP contribution < -0.4 is 10.1 Å². The summed E-state index contributed by atoms with van der Waals surface area (Å²) in [6.45, 7) is 3.80. The quantitative estimate of drug-likeness (QED) is 0.677. The van der Waals surface area contributed by atoms with E-state index < -0.39 is 4.92 Å². The van der Waals surface area contributed by atoms with Crippen LogP contribution in [0, 0.1) is 17.0 Å². The number of ether oxygens (including phenoxy) is 1. The Morgan fingerprint density at radius 2 is 2.00 bits per heavy atom. The summed E-state index contributed by atoms with van der Waals surface area (Å²) in [7, 11) is 1.57. The van der Waals surface area contributed by atoms with Crippen molar-refractivity contribution >= 4 is 11.6 Å². The first-order chi connectivity index (χ1) is 10.9. The van der Waals surface area contributed by atoms with Crippen LogP contribution in [-0.4, -0.2) is 17.9 Å². The standard InChI is InChI=1S/C17H18N2O4/c1-11-7-8-16(23-3)15(9-11)12(2)18-17(20)13-5-4-6-14(10-13)19(21)22/h4-10,12H,1-3H3,(H,18,20)/t12-/m1/s1. The number of non-ortho nitro benzene ring substituents is 1. The molecule has 0 aliphatic rings. The van der Waals surface area contributed by atoms with Gasteiger partial charge in [0.25, 0.3) is 11.6 Å². The molecule has 120 valence electrons. The van der Waals surface area contributed by atoms with Crippen LogP contribution in [0.4, 0.5) is 5.69 Å². The third-order valence-corrected chi connectivity index (χ3v) is 3.52. The fourth-order valence-corrected chi connectivity index (χ4v) is 2.31. The van der Waals surface area contributed by atoms with Crippen LogP contribution in [0.25, 0.3) is 0 Å². The van der Waals surface area contributed by atoms with Gasteiger partial charge in [-0.2, -0.15) is 0 Å². The lowest BCUT2D eigenvalue weighted by Crippen LogP contribution is -2.27. The van der Waals surface area contributed by atoms with Gasteiger partial charge in [0.15, 0.2) is 0 Å². The van der Waals surface area contributed by atoms with Gasteiger partial charge in [0.1, 0.15) is 5.75 Å². The maximum atomic E-state index is 12.3. The number of hydrogen-bond donors (Lipinski definition) is 1. The Morgan fingerprint density at radius 3 is 2.65 bits per heavy atom. The monoisotopic (exact) mass is 314 g/mol. The van der Waals surface area contributed by atoms with E-state index in [0.717, 1.165) is 11.1 Å². The van der Waals surface area contributed by atoms with E-state index >= 15 is 0 Å². The molecule has 0 heterocycles. The number of amides is 1. The van der Waals surface area contributed by atoms with Crippen molar-refractivity contribution in [2.24, 2.45) is 0 Å². The Balaban J connectivity index is 2.21. The van der Waals surface area contributed by atoms with Crippen molar-refractivity contribution in [2.45, 2.75) is 19.9 Å². The maximum absolute atomic E-state index is 12.3. The molecule has 2 aromatic carbocycles. The van der Waals surface area contributed by atoms with E-state index in [1.807, 2.05) is 32.0 Å². The second-order valence-electron chi connectivity index (χ2n) is 5.25. The third kappa shape index (κ3) is 3.85. The number of nitrogens with zero attached hydrogens (tertiary/aromatic N) is 1. The summed E-state index contributed by atoms with van der Waals surface area (Å²) >= 11 is 0. The minimum Gasteiger partial charge on any atom is -0.496 e. The van der Waals surface area contributed by atoms with E-state index in [1.165, 1.54) is 18.2 Å². The van der Waals surface area contributed by atoms with Gasteiger partial charge in [-0.25, -0.2) is 0 Å². The zero-order valence-electron chi connectivity index (χ0n) is 13.2. The van der Waals surface area contributed by atoms with E-state index in [0.29, 0.717) is 5.75 Å². The largest absolute Gasteiger partial charge is 0.496 e. The predicted octanol–water partition coefficient (Wildman–Crippen LogP) is 3.40. The molecular formula is C17H18N2O4. The van der Waals surface area contributed by atoms with E-state index in [4.69, 9.17) is 4.74 Å². The van der Waals surface area contributed by atoms with Crippen LogP contribution >= 0.6 is 0 Å². The average molecular weight is 314 g/mol. The highest BCUT2D eigenvalue weighted by atomic mass is 16.6. The topological polar surface area (TPSA) is 81.5 Å². The normalized spacial score (nSPS) is 11.6. The van der Waals surface area contributed by atoms with Gasteiger partial charge < -0.3 is 10.1 Å². The molecule has 2 rings (SSSR count). The third-order valence-electron chi connectivity index (χ3n) is 3.52. The molecule has 6 heteroatoms. The molecule has 0 aliphatic carbocycles. The molecule has 0 bridgehead atoms. The number of benzene rings is 2. The Bertz CT molecular complexity index is 743. The molecule has 6 nitrogen and oxygen atoms in total. The van der Waals surface area contributed by atoms with Gasteiger partial charge in [-0.3, -0.25) is 14.9 Å². The van der Waals surface area contributed by atoms with Crippen molar-refractivity contribution in [3.63, 3.8) is 0 Å². The zero-order valence-corrected chi connectivity index (χ0v) is 13.2. The molecule has 2 aromatic rings. The van der Waals surface area contributed by atoms with E-state index in [1.54, 1.807) is 13.2 Å². The Kier molecular flexibility index (Phi) is 4.95. The summed E-state index contributed by atoms with van der Waals surface area (Å²) < 4.78 is 5.32. The SMILES string of the molecule is COc1ccc(C)cc1[C@@H](C)NC(=O)c1cccc([N+](=O)[O-])c1. The van der Waals surface area contributed by atoms with E-state index in [-0.39, 0.29) is 23.2 Å². The number of nitro benzene ring substituents is 1. The van der Waals surface area contributed by atoms with E-state index in [9.17, 15) is 14.9 Å². The number of aryl methyl sites for hydroxylation is 1. The van der Waals surface area contributed by atoms with Gasteiger partial charge in [0.05, 0.1) is 18.1 Å². The first-order valence-electron chi connectivity index (χ1n) is 7.12. The number of nitro groups is 1. The first kappa shape index (κ1) is 16.5. The molecule has 1 N–H and O–H groups in total. The van der Waals surface area contributed by atoms with Crippen LogP contribution in [-0.2, 0) is 0 Å². The predicted molar refractivity (Wildman–Crippen MR) is 86.7 cm³/mol. The van der Waals surface area contributed by atoms with Gasteiger partial charge in [-0.1, -0.05) is 23.8 Å². The second kappa shape index (κ2) is 6.91. The summed E-state index contributed by atoms with van der Waals surface area (Å²) in [5, 5.41) is 13.6. The van der Waals surface area contributed by atoms with Crippen LogP contribution in [0.1, 0.15) is 34.5 Å². The smallest absolute Gasteiger partial charge is 0.270 e. The minimum atomic E-state index is -0.524. The number of hydrogen-bond acceptors (Lipinski definition) is 4. The van der Waals surface area contributed by atoms with Gasteiger partial charge in [0.2, 0.25) is 0 Å². The molecule has 23 heavy (non-hydrogen) atoms. The molecule has 0 unspecified atom stereocenters. The van der Waals surface area contributed by atoms with Crippen molar-refractivity contribution in [3.05, 3.63) is 69.3 Å². The van der Waals surface area contributed by atoms with Gasteiger partial charge in [-0.15, -0.1) is 0 Å². The molecule has 0 fully saturated rings. The van der Waals surface area contributed by atoms with Crippen LogP contribution in [0.5, 0.6) is 5.75 Å². The van der Waals surface area contributed by atoms with Crippen LogP contribution in [0.2, 0.25) is 0 Å². The fourth-order valence-electron chi connectivity index (χ4n) is 2.31. The molecule has 1 atom stereocenters. The molecule has 0 aliphatic heterocycles. The molecule has 0 spiro atoms. The van der Waals surface area contributed by atoms with Crippen molar-refractivity contribution in [1.82, 2.24) is 5.32 Å². The molecule has 0 radical (unpaired) electrons. The number of methoxy groups -OCH3 is 1. The highest BCUT2D eigenvalue weighted by Gasteiger charge is 2.17. The molecule has 0 saturated carbocycles. The van der Waals surface area contributed by atoms with Crippen molar-refractivity contribution in [1.29, 1.82) is 0 Å². The second-order valence-corrected chi connectivity index (χ2v) is 5.25. The fraction of sp³-hybridized carbons (Fsp3) is 0.235. The number of carbonyl (C=O) groups is 1. The minimum absolute atomic E-state index is 0.113. The Hall–Kier alpha value is -2.89. The first-order valence-corrected chi connectivity index (χ1v) is 7.12. The Labute approximate surface area is 134 Å². The zero-order chi connectivity index (χ0) is 17.0. The highest BCUT2D eigenvalue weighted by molar-refractivity contribution is 5.95. The highest BCUT2D eigenvalue weighted by Crippen LogP contribution is 2.26. The average Bonchev–Trinajstić information content (AvgIpc) is 2.54. The number of nitrogens with one attached hydrogen (secondary N) is 1. The lowest BCUT2D eigenvalue weighted by molar-refractivity contribution is -0.384. The van der Waals surface area contributed by atoms with Crippen LogP contribution in [0.3, 0.4) is 0 Å². The lowest BCUT2D eigenvalue weighted by Gasteiger charge is -2.18. The lowest BCUT2D eigenvalue weighted by atomic mass is 10.0. The summed E-state index contributed by atoms with van der Waals surface area (Å²) in [5.41, 5.74) is 2.04. The van der Waals surface area contributed by atoms with Gasteiger partial charge >= 0.3 is 0 Å². The van der Waals surface area contributed by atoms with Crippen molar-refractivity contribution < 1.29 is 14.5 Å². The maximum Gasteiger partial charge on any atom is 0.270 e. The summed E-state index contributed by atoms with van der Waals surface area (Å²) in [6.07, 6.45) is 0. The Morgan fingerprint density at radius 1 is 1.26 bits per heavy atom. The van der Waals surface area contributed by atoms with Gasteiger partial charge in [-0.05, 0) is 26.0 Å². The molecule has 1 amide bonds. The molecule has 0 saturated heterocycles. The van der Waals surface area contributed by atoms with Crippen molar-refractivity contribution in [2.75, 3.05) is 7.11 Å². The van der Waals surface area contributed by atoms with E-state index in [2.05, 4.69) is 5.32 Å². The van der Waals surface area contributed by atoms with Crippen molar-refractivity contribution in [3.8, 4) is 5.75 Å². The molecule has 0 aromatic heterocycles. The number of carbonyl (C=O) groups excluding carboxylic acids is 1. The summed E-state index contributed by atoms with van der Waals surface area (Å²) in [4.78, 5) is 22.6. The summed E-state index contributed by atoms with van der Waals surface area (Å²) in [6, 6.07) is 11.1. The van der Waals surface area contributed by atoms with Crippen LogP contribution in [0.15, 0.2) is 42.5 Å². The summed E-state index contributed by atoms with van der Waals surface area (Å²) in [5.74, 6) is 0.312. The van der Waals surface area contributed by atoms with Gasteiger partial charge in [0, 0.05) is 23.3 Å².